The van der Waals surface area contributed by atoms with Crippen LogP contribution in [0.4, 0.5) is 17.3 Å². The molecule has 0 saturated heterocycles. The maximum Gasteiger partial charge on any atom is 0.279 e. The molecular weight excluding hydrogens is 428 g/mol. The van der Waals surface area contributed by atoms with Gasteiger partial charge in [0.05, 0.1) is 12.4 Å². The lowest BCUT2D eigenvalue weighted by Crippen LogP contribution is -2.26. The summed E-state index contributed by atoms with van der Waals surface area (Å²) in [7, 11) is 3.15. The number of nitrogens with one attached hydrogen (secondary N) is 1. The van der Waals surface area contributed by atoms with Gasteiger partial charge >= 0.3 is 0 Å². The minimum Gasteiger partial charge on any atom is -0.383 e. The second kappa shape index (κ2) is 9.13. The molecule has 0 atom stereocenters. The van der Waals surface area contributed by atoms with E-state index in [4.69, 9.17) is 11.5 Å². The van der Waals surface area contributed by atoms with Crippen molar-refractivity contribution in [3.05, 3.63) is 58.4 Å². The fourth-order valence-corrected chi connectivity index (χ4v) is 2.82. The molecule has 33 heavy (non-hydrogen) atoms. The van der Waals surface area contributed by atoms with Crippen molar-refractivity contribution in [3.63, 3.8) is 0 Å². The van der Waals surface area contributed by atoms with Crippen molar-refractivity contribution in [2.24, 2.45) is 15.7 Å². The second-order valence-corrected chi connectivity index (χ2v) is 6.99. The zero-order valence-electron chi connectivity index (χ0n) is 18.2. The second-order valence-electron chi connectivity index (χ2n) is 6.99. The molecule has 3 aromatic heterocycles. The van der Waals surface area contributed by atoms with Gasteiger partial charge in [0, 0.05) is 26.4 Å². The summed E-state index contributed by atoms with van der Waals surface area (Å²) in [4.78, 5) is 50.1. The van der Waals surface area contributed by atoms with Crippen LogP contribution in [-0.4, -0.2) is 62.5 Å². The van der Waals surface area contributed by atoms with E-state index < -0.39 is 11.5 Å². The normalized spacial score (nSPS) is 12.0. The maximum atomic E-state index is 13.0. The Balaban J connectivity index is 1.97. The van der Waals surface area contributed by atoms with Gasteiger partial charge in [0.25, 0.3) is 17.4 Å². The predicted molar refractivity (Wildman–Crippen MR) is 125 cm³/mol. The molecule has 0 unspecified atom stereocenters. The van der Waals surface area contributed by atoms with Gasteiger partial charge in [-0.1, -0.05) is 0 Å². The van der Waals surface area contributed by atoms with Gasteiger partial charge in [-0.2, -0.15) is 9.61 Å². The van der Waals surface area contributed by atoms with E-state index in [1.165, 1.54) is 38.6 Å². The van der Waals surface area contributed by atoms with Crippen LogP contribution in [0.15, 0.2) is 57.3 Å². The third kappa shape index (κ3) is 4.61. The van der Waals surface area contributed by atoms with Crippen molar-refractivity contribution in [3.8, 4) is 0 Å². The first-order valence-corrected chi connectivity index (χ1v) is 9.50. The summed E-state index contributed by atoms with van der Waals surface area (Å²) in [5, 5.41) is 6.87. The average Bonchev–Trinajstić information content (AvgIpc) is 3.20. The van der Waals surface area contributed by atoms with E-state index in [2.05, 4.69) is 32.1 Å². The quantitative estimate of drug-likeness (QED) is 0.273. The Bertz CT molecular complexity index is 1380. The van der Waals surface area contributed by atoms with Crippen LogP contribution in [-0.2, 0) is 4.79 Å². The zero-order chi connectivity index (χ0) is 24.3. The van der Waals surface area contributed by atoms with E-state index in [1.807, 2.05) is 0 Å². The molecule has 0 bridgehead atoms. The molecule has 0 spiro atoms. The lowest BCUT2D eigenvalue weighted by molar-refractivity contribution is -0.124. The number of primary amides is 1. The molecule has 3 aromatic rings. The molecule has 170 valence electrons. The number of carbonyl (C=O) groups is 2. The van der Waals surface area contributed by atoms with Crippen LogP contribution in [0.5, 0.6) is 0 Å². The molecule has 0 radical (unpaired) electrons. The minimum atomic E-state index is -0.711. The number of fused-ring (bicyclic) bond motifs is 1. The van der Waals surface area contributed by atoms with E-state index in [9.17, 15) is 14.4 Å². The number of aliphatic imine (C=N–C) groups is 2. The SMILES string of the molecule is C=N/C(=C\N=C(/C)n1cccc(Nc2cc(N)n3ncc(C(N)=O)c3n2)c1=O)C(=O)N(C)C. The number of nitrogen functional groups attached to an aromatic ring is 1. The number of carbonyl (C=O) groups excluding carboxylic acids is 2. The fraction of sp³-hybridized carbons (Fsp3) is 0.150. The van der Waals surface area contributed by atoms with Crippen molar-refractivity contribution >= 4 is 47.3 Å². The number of aromatic nitrogens is 4. The van der Waals surface area contributed by atoms with Gasteiger partial charge in [-0.3, -0.25) is 23.9 Å². The van der Waals surface area contributed by atoms with Crippen molar-refractivity contribution in [2.45, 2.75) is 6.92 Å². The average molecular weight is 450 g/mol. The lowest BCUT2D eigenvalue weighted by Gasteiger charge is -2.11. The molecular formula is C20H22N10O3. The molecule has 13 nitrogen and oxygen atoms in total. The number of pyridine rings is 1. The Morgan fingerprint density at radius 1 is 1.33 bits per heavy atom. The number of nitrogens with two attached hydrogens (primary N) is 2. The third-order valence-corrected chi connectivity index (χ3v) is 4.49. The molecule has 3 heterocycles. The van der Waals surface area contributed by atoms with Gasteiger partial charge in [0.15, 0.2) is 5.65 Å². The van der Waals surface area contributed by atoms with Crippen molar-refractivity contribution < 1.29 is 9.59 Å². The Kier molecular flexibility index (Phi) is 6.33. The highest BCUT2D eigenvalue weighted by atomic mass is 16.2. The van der Waals surface area contributed by atoms with Crippen LogP contribution in [0.25, 0.3) is 5.65 Å². The number of amides is 2. The summed E-state index contributed by atoms with van der Waals surface area (Å²) < 4.78 is 2.53. The molecule has 0 aliphatic carbocycles. The summed E-state index contributed by atoms with van der Waals surface area (Å²) in [6.07, 6.45) is 4.02. The Hall–Kier alpha value is -4.81. The first kappa shape index (κ1) is 22.9. The van der Waals surface area contributed by atoms with Crippen LogP contribution in [0.3, 0.4) is 0 Å². The van der Waals surface area contributed by atoms with Crippen molar-refractivity contribution in [2.75, 3.05) is 25.1 Å². The van der Waals surface area contributed by atoms with Gasteiger partial charge in [0.2, 0.25) is 0 Å². The smallest absolute Gasteiger partial charge is 0.279 e. The number of anilines is 3. The van der Waals surface area contributed by atoms with Crippen LogP contribution >= 0.6 is 0 Å². The Morgan fingerprint density at radius 3 is 2.70 bits per heavy atom. The van der Waals surface area contributed by atoms with Gasteiger partial charge < -0.3 is 21.7 Å². The number of rotatable bonds is 6. The van der Waals surface area contributed by atoms with E-state index in [0.717, 1.165) is 0 Å². The summed E-state index contributed by atoms with van der Waals surface area (Å²) in [5.74, 6) is -0.409. The minimum absolute atomic E-state index is 0.0284. The van der Waals surface area contributed by atoms with Gasteiger partial charge in [0.1, 0.15) is 34.4 Å². The monoisotopic (exact) mass is 450 g/mol. The van der Waals surface area contributed by atoms with Gasteiger partial charge in [-0.05, 0) is 25.8 Å². The number of likely N-dealkylation sites (N-methyl/N-ethyl adjacent to an activating group) is 1. The largest absolute Gasteiger partial charge is 0.383 e. The predicted octanol–water partition coefficient (Wildman–Crippen LogP) is 0.212. The van der Waals surface area contributed by atoms with Gasteiger partial charge in [-0.15, -0.1) is 0 Å². The molecule has 0 saturated carbocycles. The highest BCUT2D eigenvalue weighted by molar-refractivity contribution is 5.99. The molecule has 3 rings (SSSR count). The third-order valence-electron chi connectivity index (χ3n) is 4.49. The molecule has 2 amide bonds. The van der Waals surface area contributed by atoms with Crippen LogP contribution in [0.2, 0.25) is 0 Å². The van der Waals surface area contributed by atoms with Crippen molar-refractivity contribution in [1.82, 2.24) is 24.1 Å². The molecule has 0 aliphatic heterocycles. The summed E-state index contributed by atoms with van der Waals surface area (Å²) in [5.41, 5.74) is 11.3. The number of hydrogen-bond donors (Lipinski definition) is 3. The standard InChI is InChI=1S/C20H22N10O3/c1-11(24-10-14(23-2)19(32)28(3)4)29-7-5-6-13(20(29)33)26-16-8-15(21)30-18(27-16)12(9-25-30)17(22)31/h5-10H,2,21H2,1,3-4H3,(H2,22,31)(H,26,27)/b14-10-,24-11+. The molecule has 0 aromatic carbocycles. The maximum absolute atomic E-state index is 13.0. The summed E-state index contributed by atoms with van der Waals surface area (Å²) in [6.45, 7) is 4.96. The van der Waals surface area contributed by atoms with E-state index in [-0.39, 0.29) is 46.0 Å². The summed E-state index contributed by atoms with van der Waals surface area (Å²) >= 11 is 0. The highest BCUT2D eigenvalue weighted by Gasteiger charge is 2.15. The molecule has 5 N–H and O–H groups in total. The Labute approximate surface area is 187 Å². The topological polar surface area (TPSA) is 178 Å². The first-order valence-electron chi connectivity index (χ1n) is 9.50. The summed E-state index contributed by atoms with van der Waals surface area (Å²) in [6, 6.07) is 4.63. The van der Waals surface area contributed by atoms with Crippen LogP contribution in [0.1, 0.15) is 17.3 Å². The first-order chi connectivity index (χ1) is 15.6. The fourth-order valence-electron chi connectivity index (χ4n) is 2.82. The lowest BCUT2D eigenvalue weighted by atomic mass is 10.3. The van der Waals surface area contributed by atoms with Crippen LogP contribution < -0.4 is 22.3 Å². The molecule has 0 aliphatic rings. The molecule has 0 fully saturated rings. The van der Waals surface area contributed by atoms with E-state index >= 15 is 0 Å². The van der Waals surface area contributed by atoms with Gasteiger partial charge in [-0.25, -0.2) is 9.98 Å². The zero-order valence-corrected chi connectivity index (χ0v) is 18.2. The van der Waals surface area contributed by atoms with Crippen LogP contribution in [0, 0.1) is 0 Å². The molecule has 13 heteroatoms. The van der Waals surface area contributed by atoms with Crippen molar-refractivity contribution in [1.29, 1.82) is 0 Å². The number of hydrogen-bond acceptors (Lipinski definition) is 9. The highest BCUT2D eigenvalue weighted by Crippen LogP contribution is 2.18. The van der Waals surface area contributed by atoms with E-state index in [0.29, 0.717) is 0 Å². The Morgan fingerprint density at radius 2 is 2.06 bits per heavy atom. The van der Waals surface area contributed by atoms with E-state index in [1.54, 1.807) is 33.2 Å². The number of nitrogens with zero attached hydrogens (tertiary/aromatic N) is 7.